The molecule has 0 saturated carbocycles. The molecule has 0 fully saturated rings. The first-order chi connectivity index (χ1) is 7.25. The molecule has 0 spiro atoms. The zero-order chi connectivity index (χ0) is 10.7. The van der Waals surface area contributed by atoms with Gasteiger partial charge in [0.05, 0.1) is 0 Å². The largest absolute Gasteiger partial charge is 0.427 e. The summed E-state index contributed by atoms with van der Waals surface area (Å²) in [5.74, 6) is 0.309. The smallest absolute Gasteiger partial charge is 0.308 e. The van der Waals surface area contributed by atoms with Crippen LogP contribution in [0.4, 0.5) is 5.69 Å². The van der Waals surface area contributed by atoms with Gasteiger partial charge in [0.25, 0.3) is 0 Å². The fourth-order valence-corrected chi connectivity index (χ4v) is 1.58. The van der Waals surface area contributed by atoms with Crippen LogP contribution < -0.4 is 9.64 Å². The van der Waals surface area contributed by atoms with Gasteiger partial charge in [-0.15, -0.1) is 0 Å². The zero-order valence-electron chi connectivity index (χ0n) is 8.64. The number of anilines is 1. The second kappa shape index (κ2) is 4.17. The molecular weight excluding hydrogens is 190 g/mol. The van der Waals surface area contributed by atoms with E-state index >= 15 is 0 Å². The standard InChI is InChI=1S/C12H13NO2/c1-10(14)15-12-6-4-11(5-7-12)13-8-2-3-9-13/h2-7H,8-9H2,1H3. The van der Waals surface area contributed by atoms with E-state index in [1.165, 1.54) is 6.92 Å². The molecule has 1 aliphatic heterocycles. The van der Waals surface area contributed by atoms with Gasteiger partial charge in [0.1, 0.15) is 5.75 Å². The van der Waals surface area contributed by atoms with Gasteiger partial charge in [-0.3, -0.25) is 4.79 Å². The summed E-state index contributed by atoms with van der Waals surface area (Å²) in [7, 11) is 0. The van der Waals surface area contributed by atoms with Crippen molar-refractivity contribution in [3.8, 4) is 5.75 Å². The Balaban J connectivity index is 2.06. The van der Waals surface area contributed by atoms with Crippen LogP contribution in [0.5, 0.6) is 5.75 Å². The quantitative estimate of drug-likeness (QED) is 0.418. The third-order valence-electron chi connectivity index (χ3n) is 2.28. The number of esters is 1. The van der Waals surface area contributed by atoms with Crippen molar-refractivity contribution < 1.29 is 9.53 Å². The van der Waals surface area contributed by atoms with Crippen molar-refractivity contribution in [2.45, 2.75) is 6.92 Å². The molecule has 15 heavy (non-hydrogen) atoms. The van der Waals surface area contributed by atoms with Crippen molar-refractivity contribution in [1.82, 2.24) is 0 Å². The lowest BCUT2D eigenvalue weighted by molar-refractivity contribution is -0.131. The van der Waals surface area contributed by atoms with Crippen LogP contribution in [0.25, 0.3) is 0 Å². The van der Waals surface area contributed by atoms with Crippen LogP contribution in [-0.4, -0.2) is 19.1 Å². The van der Waals surface area contributed by atoms with Crippen LogP contribution in [0, 0.1) is 0 Å². The lowest BCUT2D eigenvalue weighted by atomic mass is 10.3. The number of nitrogens with zero attached hydrogens (tertiary/aromatic N) is 1. The lowest BCUT2D eigenvalue weighted by Crippen LogP contribution is -2.18. The average Bonchev–Trinajstić information content (AvgIpc) is 2.71. The predicted molar refractivity (Wildman–Crippen MR) is 59.1 cm³/mol. The molecule has 0 amide bonds. The highest BCUT2D eigenvalue weighted by Gasteiger charge is 2.07. The van der Waals surface area contributed by atoms with E-state index in [0.717, 1.165) is 18.8 Å². The van der Waals surface area contributed by atoms with E-state index < -0.39 is 0 Å². The second-order valence-electron chi connectivity index (χ2n) is 3.46. The Morgan fingerprint density at radius 3 is 2.33 bits per heavy atom. The van der Waals surface area contributed by atoms with Gasteiger partial charge in [0.15, 0.2) is 0 Å². The van der Waals surface area contributed by atoms with Crippen LogP contribution in [-0.2, 0) is 4.79 Å². The van der Waals surface area contributed by atoms with Gasteiger partial charge in [0.2, 0.25) is 0 Å². The average molecular weight is 203 g/mol. The second-order valence-corrected chi connectivity index (χ2v) is 3.46. The molecule has 0 N–H and O–H groups in total. The van der Waals surface area contributed by atoms with E-state index in [4.69, 9.17) is 4.74 Å². The number of hydrogen-bond acceptors (Lipinski definition) is 3. The van der Waals surface area contributed by atoms with Crippen LogP contribution in [0.3, 0.4) is 0 Å². The number of ether oxygens (including phenoxy) is 1. The molecule has 1 aromatic rings. The minimum Gasteiger partial charge on any atom is -0.427 e. The maximum atomic E-state index is 10.7. The number of carbonyl (C=O) groups is 1. The molecule has 78 valence electrons. The lowest BCUT2D eigenvalue weighted by Gasteiger charge is -2.17. The Labute approximate surface area is 89.0 Å². The maximum Gasteiger partial charge on any atom is 0.308 e. The monoisotopic (exact) mass is 203 g/mol. The first kappa shape index (κ1) is 9.77. The molecule has 1 aliphatic rings. The number of benzene rings is 1. The Bertz CT molecular complexity index is 373. The third kappa shape index (κ3) is 2.37. The van der Waals surface area contributed by atoms with Crippen LogP contribution in [0.15, 0.2) is 36.4 Å². The van der Waals surface area contributed by atoms with E-state index in [0.29, 0.717) is 5.75 Å². The number of rotatable bonds is 2. The molecule has 3 heteroatoms. The van der Waals surface area contributed by atoms with Crippen molar-refractivity contribution in [2.24, 2.45) is 0 Å². The van der Waals surface area contributed by atoms with Crippen LogP contribution in [0.1, 0.15) is 6.92 Å². The molecule has 1 aromatic carbocycles. The van der Waals surface area contributed by atoms with Crippen LogP contribution in [0.2, 0.25) is 0 Å². The molecule has 0 unspecified atom stereocenters. The van der Waals surface area contributed by atoms with E-state index in [9.17, 15) is 4.79 Å². The summed E-state index contributed by atoms with van der Waals surface area (Å²) < 4.78 is 4.96. The first-order valence-corrected chi connectivity index (χ1v) is 4.94. The van der Waals surface area contributed by atoms with Crippen molar-refractivity contribution in [1.29, 1.82) is 0 Å². The van der Waals surface area contributed by atoms with Crippen LogP contribution >= 0.6 is 0 Å². The van der Waals surface area contributed by atoms with Gasteiger partial charge >= 0.3 is 5.97 Å². The number of carbonyl (C=O) groups excluding carboxylic acids is 1. The van der Waals surface area contributed by atoms with Crippen molar-refractivity contribution >= 4 is 11.7 Å². The molecule has 0 saturated heterocycles. The van der Waals surface area contributed by atoms with Gasteiger partial charge in [-0.25, -0.2) is 0 Å². The van der Waals surface area contributed by atoms with Crippen molar-refractivity contribution in [2.75, 3.05) is 18.0 Å². The fraction of sp³-hybridized carbons (Fsp3) is 0.250. The fourth-order valence-electron chi connectivity index (χ4n) is 1.58. The summed E-state index contributed by atoms with van der Waals surface area (Å²) in [6.07, 6.45) is 4.28. The highest BCUT2D eigenvalue weighted by atomic mass is 16.5. The zero-order valence-corrected chi connectivity index (χ0v) is 8.64. The summed E-state index contributed by atoms with van der Waals surface area (Å²) in [6, 6.07) is 7.56. The van der Waals surface area contributed by atoms with E-state index in [2.05, 4.69) is 17.1 Å². The van der Waals surface area contributed by atoms with Gasteiger partial charge < -0.3 is 9.64 Å². The maximum absolute atomic E-state index is 10.7. The summed E-state index contributed by atoms with van der Waals surface area (Å²) >= 11 is 0. The molecule has 1 heterocycles. The topological polar surface area (TPSA) is 29.5 Å². The summed E-state index contributed by atoms with van der Waals surface area (Å²) in [5, 5.41) is 0. The summed E-state index contributed by atoms with van der Waals surface area (Å²) in [5.41, 5.74) is 1.15. The highest BCUT2D eigenvalue weighted by Crippen LogP contribution is 2.20. The van der Waals surface area contributed by atoms with E-state index in [1.807, 2.05) is 24.3 Å². The minimum absolute atomic E-state index is 0.286. The van der Waals surface area contributed by atoms with Gasteiger partial charge in [-0.05, 0) is 24.3 Å². The molecule has 0 aliphatic carbocycles. The molecular formula is C12H13NO2. The minimum atomic E-state index is -0.286. The first-order valence-electron chi connectivity index (χ1n) is 4.94. The van der Waals surface area contributed by atoms with Gasteiger partial charge in [-0.2, -0.15) is 0 Å². The summed E-state index contributed by atoms with van der Waals surface area (Å²) in [6.45, 7) is 3.30. The Morgan fingerprint density at radius 2 is 1.80 bits per heavy atom. The third-order valence-corrected chi connectivity index (χ3v) is 2.28. The molecule has 0 bridgehead atoms. The predicted octanol–water partition coefficient (Wildman–Crippen LogP) is 1.99. The summed E-state index contributed by atoms with van der Waals surface area (Å²) in [4.78, 5) is 12.9. The molecule has 0 aromatic heterocycles. The Hall–Kier alpha value is -1.77. The Morgan fingerprint density at radius 1 is 1.20 bits per heavy atom. The van der Waals surface area contributed by atoms with Gasteiger partial charge in [0, 0.05) is 25.7 Å². The van der Waals surface area contributed by atoms with E-state index in [-0.39, 0.29) is 5.97 Å². The van der Waals surface area contributed by atoms with Crippen molar-refractivity contribution in [3.63, 3.8) is 0 Å². The van der Waals surface area contributed by atoms with E-state index in [1.54, 1.807) is 0 Å². The van der Waals surface area contributed by atoms with Gasteiger partial charge in [-0.1, -0.05) is 12.2 Å². The highest BCUT2D eigenvalue weighted by molar-refractivity contribution is 5.69. The SMILES string of the molecule is CC(=O)Oc1ccc(N2CC=CC2)cc1. The number of hydrogen-bond donors (Lipinski definition) is 0. The van der Waals surface area contributed by atoms with Crippen molar-refractivity contribution in [3.05, 3.63) is 36.4 Å². The molecule has 2 rings (SSSR count). The Kier molecular flexibility index (Phi) is 2.72. The molecule has 0 atom stereocenters. The normalized spacial score (nSPS) is 14.3. The molecule has 0 radical (unpaired) electrons. The molecule has 3 nitrogen and oxygen atoms in total.